The van der Waals surface area contributed by atoms with Crippen LogP contribution >= 0.6 is 0 Å². The van der Waals surface area contributed by atoms with Gasteiger partial charge >= 0.3 is 29.8 Å². The fourth-order valence-electron chi connectivity index (χ4n) is 8.80. The highest BCUT2D eigenvalue weighted by Gasteiger charge is 2.72. The maximum atomic E-state index is 13.7. The zero-order valence-electron chi connectivity index (χ0n) is 29.9. The third kappa shape index (κ3) is 6.15. The van der Waals surface area contributed by atoms with Gasteiger partial charge in [0.15, 0.2) is 17.6 Å². The number of hydrogen-bond donors (Lipinski definition) is 2. The molecule has 1 unspecified atom stereocenters. The average molecular weight is 741 g/mol. The molecule has 2 N–H and O–H groups in total. The van der Waals surface area contributed by atoms with E-state index in [0.29, 0.717) is 24.3 Å². The predicted molar refractivity (Wildman–Crippen MR) is 187 cm³/mol. The topological polar surface area (TPSA) is 181 Å². The first-order chi connectivity index (χ1) is 25.9. The van der Waals surface area contributed by atoms with Crippen molar-refractivity contribution in [3.05, 3.63) is 107 Å². The van der Waals surface area contributed by atoms with Crippen LogP contribution in [0.1, 0.15) is 74.0 Å². The first-order valence-electron chi connectivity index (χ1n) is 17.8. The lowest BCUT2D eigenvalue weighted by molar-refractivity contribution is -0.185. The average Bonchev–Trinajstić information content (AvgIpc) is 3.51. The molecule has 1 saturated carbocycles. The number of aliphatic carboxylic acids is 1. The van der Waals surface area contributed by atoms with Gasteiger partial charge in [-0.05, 0) is 55.2 Å². The van der Waals surface area contributed by atoms with Crippen LogP contribution in [0.25, 0.3) is 0 Å². The molecule has 3 aliphatic carbocycles. The number of aliphatic hydroxyl groups is 1. The number of methoxy groups -OCH3 is 1. The Morgan fingerprint density at radius 1 is 0.889 bits per heavy atom. The fourth-order valence-corrected chi connectivity index (χ4v) is 8.80. The van der Waals surface area contributed by atoms with Crippen molar-refractivity contribution >= 4 is 29.8 Å². The van der Waals surface area contributed by atoms with E-state index in [1.807, 2.05) is 12.1 Å². The van der Waals surface area contributed by atoms with E-state index in [0.717, 1.165) is 24.5 Å². The Bertz CT molecular complexity index is 2010. The highest BCUT2D eigenvalue weighted by Crippen LogP contribution is 2.68. The Morgan fingerprint density at radius 2 is 1.54 bits per heavy atom. The molecular weight excluding hydrogens is 700 g/mol. The van der Waals surface area contributed by atoms with E-state index >= 15 is 0 Å². The molecule has 7 rings (SSSR count). The smallest absolute Gasteiger partial charge is 0.353 e. The number of esters is 4. The summed E-state index contributed by atoms with van der Waals surface area (Å²) in [5.41, 5.74) is 0.110. The van der Waals surface area contributed by atoms with Crippen molar-refractivity contribution in [2.75, 3.05) is 7.11 Å². The largest absolute Gasteiger partial charge is 0.493 e. The van der Waals surface area contributed by atoms with E-state index in [1.165, 1.54) is 31.4 Å². The molecule has 1 heterocycles. The Kier molecular flexibility index (Phi) is 9.69. The zero-order chi connectivity index (χ0) is 38.4. The first kappa shape index (κ1) is 36.7. The third-order valence-corrected chi connectivity index (χ3v) is 11.2. The Labute approximate surface area is 310 Å². The van der Waals surface area contributed by atoms with Crippen LogP contribution in [-0.2, 0) is 54.8 Å². The van der Waals surface area contributed by atoms with Gasteiger partial charge in [-0.1, -0.05) is 73.7 Å². The van der Waals surface area contributed by atoms with Gasteiger partial charge in [0.2, 0.25) is 18.3 Å². The molecule has 3 aromatic rings. The summed E-state index contributed by atoms with van der Waals surface area (Å²) in [6.07, 6.45) is -3.19. The van der Waals surface area contributed by atoms with Crippen molar-refractivity contribution < 1.29 is 62.6 Å². The number of carbonyl (C=O) groups excluding carboxylic acids is 4. The Balaban J connectivity index is 1.12. The maximum absolute atomic E-state index is 13.7. The molecule has 13 nitrogen and oxygen atoms in total. The highest BCUT2D eigenvalue weighted by atomic mass is 16.6. The van der Waals surface area contributed by atoms with Crippen molar-refractivity contribution in [1.82, 2.24) is 0 Å². The number of hydrogen-bond acceptors (Lipinski definition) is 12. The van der Waals surface area contributed by atoms with Gasteiger partial charge in [-0.15, -0.1) is 0 Å². The number of rotatable bonds is 12. The van der Waals surface area contributed by atoms with Crippen LogP contribution in [0.4, 0.5) is 0 Å². The maximum Gasteiger partial charge on any atom is 0.353 e. The molecule has 0 saturated heterocycles. The molecule has 8 atom stereocenters. The van der Waals surface area contributed by atoms with Crippen molar-refractivity contribution in [2.45, 2.75) is 81.4 Å². The van der Waals surface area contributed by atoms with Gasteiger partial charge < -0.3 is 38.6 Å². The standard InChI is InChI=1S/C41H40O13/c1-22-16-18-40-32-26-14-15-28(49-3)35(32)52-36(40)29(17-19-41(40,48)27(22)20-26)51-31(43)21-30(50-23(2)42)38(46)54-34(25-12-8-5-9-13-25)39(47)53-33(37(44)45)24-10-6-4-7-11-24/h4-15,17,22,27,30,33-34,36,48H,16,18-21H2,1-3H3,(H,44,45)/t22?,27-,30-,33-,34-,36-,40-,41+/m0/s1. The summed E-state index contributed by atoms with van der Waals surface area (Å²) in [4.78, 5) is 65.1. The van der Waals surface area contributed by atoms with Crippen molar-refractivity contribution in [2.24, 2.45) is 11.8 Å². The second kappa shape index (κ2) is 14.3. The summed E-state index contributed by atoms with van der Waals surface area (Å²) in [7, 11) is 1.53. The van der Waals surface area contributed by atoms with E-state index in [9.17, 15) is 34.2 Å². The molecule has 0 aromatic heterocycles. The SMILES string of the molecule is COc1ccc2c3c1O[C@H]1C(OC(=O)C[C@H](OC(C)=O)C(=O)O[C@H](C(=O)O[C@H](C(=O)O)c4ccccc4)c4ccccc4)=CC[C@@]4(O)[C@@H](C2)C(C)CC[C@]314. The van der Waals surface area contributed by atoms with Crippen LogP contribution in [0.3, 0.4) is 0 Å². The van der Waals surface area contributed by atoms with Gasteiger partial charge in [0, 0.05) is 23.6 Å². The summed E-state index contributed by atoms with van der Waals surface area (Å²) < 4.78 is 34.2. The van der Waals surface area contributed by atoms with E-state index in [2.05, 4.69) is 6.92 Å². The van der Waals surface area contributed by atoms with Gasteiger partial charge in [-0.3, -0.25) is 9.59 Å². The fraction of sp³-hybridized carbons (Fsp3) is 0.390. The molecular formula is C41H40O13. The van der Waals surface area contributed by atoms with Gasteiger partial charge in [0.25, 0.3) is 0 Å². The number of carboxylic acid groups (broad SMARTS) is 1. The first-order valence-corrected chi connectivity index (χ1v) is 17.8. The quantitative estimate of drug-likeness (QED) is 0.191. The van der Waals surface area contributed by atoms with Gasteiger partial charge in [0.05, 0.1) is 24.5 Å². The Hall–Kier alpha value is -5.69. The summed E-state index contributed by atoms with van der Waals surface area (Å²) in [5.74, 6) is -4.54. The lowest BCUT2D eigenvalue weighted by Crippen LogP contribution is -2.69. The van der Waals surface area contributed by atoms with Crippen LogP contribution in [0.5, 0.6) is 11.5 Å². The van der Waals surface area contributed by atoms with Crippen molar-refractivity contribution in [1.29, 1.82) is 0 Å². The van der Waals surface area contributed by atoms with Gasteiger partial charge in [-0.25, -0.2) is 14.4 Å². The van der Waals surface area contributed by atoms with Crippen LogP contribution in [0.2, 0.25) is 0 Å². The molecule has 282 valence electrons. The van der Waals surface area contributed by atoms with Crippen molar-refractivity contribution in [3.8, 4) is 11.5 Å². The molecule has 0 amide bonds. The second-order valence-electron chi connectivity index (χ2n) is 14.2. The third-order valence-electron chi connectivity index (χ3n) is 11.2. The highest BCUT2D eigenvalue weighted by molar-refractivity contribution is 5.88. The second-order valence-corrected chi connectivity index (χ2v) is 14.2. The molecule has 1 fully saturated rings. The minimum atomic E-state index is -1.86. The van der Waals surface area contributed by atoms with Gasteiger partial charge in [-0.2, -0.15) is 0 Å². The zero-order valence-corrected chi connectivity index (χ0v) is 29.9. The van der Waals surface area contributed by atoms with Gasteiger partial charge in [0.1, 0.15) is 5.76 Å². The molecule has 2 bridgehead atoms. The molecule has 3 aromatic carbocycles. The molecule has 1 aliphatic heterocycles. The number of ether oxygens (including phenoxy) is 6. The van der Waals surface area contributed by atoms with Crippen LogP contribution in [0, 0.1) is 11.8 Å². The predicted octanol–water partition coefficient (Wildman–Crippen LogP) is 4.83. The van der Waals surface area contributed by atoms with Crippen LogP contribution in [0.15, 0.2) is 84.6 Å². The minimum absolute atomic E-state index is 0.0662. The minimum Gasteiger partial charge on any atom is -0.493 e. The van der Waals surface area contributed by atoms with E-state index in [1.54, 1.807) is 42.5 Å². The van der Waals surface area contributed by atoms with Crippen molar-refractivity contribution in [3.63, 3.8) is 0 Å². The van der Waals surface area contributed by atoms with E-state index < -0.39 is 71.7 Å². The lowest BCUT2D eigenvalue weighted by Gasteiger charge is -2.61. The Morgan fingerprint density at radius 3 is 2.17 bits per heavy atom. The molecule has 0 radical (unpaired) electrons. The molecule has 54 heavy (non-hydrogen) atoms. The monoisotopic (exact) mass is 740 g/mol. The number of carboxylic acids is 1. The van der Waals surface area contributed by atoms with Crippen LogP contribution < -0.4 is 9.47 Å². The van der Waals surface area contributed by atoms with E-state index in [4.69, 9.17) is 28.4 Å². The molecule has 4 aliphatic rings. The van der Waals surface area contributed by atoms with E-state index in [-0.39, 0.29) is 35.1 Å². The molecule has 13 heteroatoms. The summed E-state index contributed by atoms with van der Waals surface area (Å²) in [6, 6.07) is 19.3. The summed E-state index contributed by atoms with van der Waals surface area (Å²) >= 11 is 0. The summed E-state index contributed by atoms with van der Waals surface area (Å²) in [5, 5.41) is 22.3. The normalized spacial score (nSPS) is 26.0. The lowest BCUT2D eigenvalue weighted by atomic mass is 9.45. The number of carbonyl (C=O) groups is 5. The summed E-state index contributed by atoms with van der Waals surface area (Å²) in [6.45, 7) is 3.17. The number of benzene rings is 3. The van der Waals surface area contributed by atoms with Crippen LogP contribution in [-0.4, -0.2) is 65.0 Å². The molecule has 1 spiro atoms.